The molecule has 1 aliphatic carbocycles. The topological polar surface area (TPSA) is 68.3 Å². The van der Waals surface area contributed by atoms with Gasteiger partial charge in [-0.15, -0.1) is 11.3 Å². The van der Waals surface area contributed by atoms with Crippen LogP contribution in [-0.2, 0) is 11.2 Å². The molecule has 6 heteroatoms. The van der Waals surface area contributed by atoms with Crippen LogP contribution in [0, 0.1) is 6.92 Å². The first-order valence-corrected chi connectivity index (χ1v) is 8.39. The Kier molecular flexibility index (Phi) is 4.43. The molecule has 0 spiro atoms. The van der Waals surface area contributed by atoms with Gasteiger partial charge in [-0.3, -0.25) is 4.79 Å². The van der Waals surface area contributed by atoms with E-state index in [2.05, 4.69) is 10.3 Å². The van der Waals surface area contributed by atoms with Gasteiger partial charge < -0.3 is 10.1 Å². The summed E-state index contributed by atoms with van der Waals surface area (Å²) in [6.45, 7) is 1.97. The minimum Gasteiger partial charge on any atom is -0.453 e. The molecule has 2 aromatic rings. The van der Waals surface area contributed by atoms with Crippen molar-refractivity contribution < 1.29 is 14.3 Å². The van der Waals surface area contributed by atoms with Crippen molar-refractivity contribution in [1.29, 1.82) is 0 Å². The van der Waals surface area contributed by atoms with Crippen LogP contribution >= 0.6 is 11.3 Å². The number of ether oxygens (including phenoxy) is 1. The third-order valence-corrected chi connectivity index (χ3v) is 4.95. The second-order valence-electron chi connectivity index (χ2n) is 5.49. The van der Waals surface area contributed by atoms with E-state index in [9.17, 15) is 9.59 Å². The summed E-state index contributed by atoms with van der Waals surface area (Å²) in [5, 5.41) is 3.55. The van der Waals surface area contributed by atoms with Gasteiger partial charge >= 0.3 is 5.97 Å². The number of aryl methyl sites for hydroxylation is 2. The van der Waals surface area contributed by atoms with E-state index in [1.54, 1.807) is 42.6 Å². The molecule has 0 aliphatic heterocycles. The van der Waals surface area contributed by atoms with Gasteiger partial charge in [-0.25, -0.2) is 9.78 Å². The first-order valence-electron chi connectivity index (χ1n) is 7.58. The Balaban J connectivity index is 1.79. The zero-order valence-electron chi connectivity index (χ0n) is 13.1. The molecule has 0 bridgehead atoms. The van der Waals surface area contributed by atoms with Crippen LogP contribution in [-0.4, -0.2) is 23.9 Å². The monoisotopic (exact) mass is 330 g/mol. The van der Waals surface area contributed by atoms with E-state index in [1.165, 1.54) is 0 Å². The van der Waals surface area contributed by atoms with Crippen molar-refractivity contribution in [1.82, 2.24) is 10.3 Å². The average molecular weight is 330 g/mol. The molecule has 0 fully saturated rings. The van der Waals surface area contributed by atoms with Gasteiger partial charge in [0.15, 0.2) is 0 Å². The highest BCUT2D eigenvalue weighted by Crippen LogP contribution is 2.36. The van der Waals surface area contributed by atoms with E-state index in [1.807, 2.05) is 6.92 Å². The Morgan fingerprint density at radius 2 is 2.13 bits per heavy atom. The zero-order chi connectivity index (χ0) is 16.4. The lowest BCUT2D eigenvalue weighted by Gasteiger charge is -2.21. The van der Waals surface area contributed by atoms with Crippen molar-refractivity contribution in [2.45, 2.75) is 32.3 Å². The minimum absolute atomic E-state index is 0.224. The molecule has 5 nitrogen and oxygen atoms in total. The number of benzene rings is 1. The molecule has 0 saturated heterocycles. The quantitative estimate of drug-likeness (QED) is 0.878. The van der Waals surface area contributed by atoms with E-state index < -0.39 is 5.97 Å². The first kappa shape index (κ1) is 15.7. The van der Waals surface area contributed by atoms with Crippen molar-refractivity contribution in [3.63, 3.8) is 0 Å². The number of amides is 1. The molecule has 1 atom stereocenters. The number of carbonyl (C=O) groups excluding carboxylic acids is 2. The Labute approximate surface area is 138 Å². The SMILES string of the molecule is CNC(=O)c1cccc(C(=O)O[C@@H]2CCCc3nc(C)sc32)c1. The summed E-state index contributed by atoms with van der Waals surface area (Å²) in [6.07, 6.45) is 2.49. The molecule has 1 amide bonds. The van der Waals surface area contributed by atoms with Crippen LogP contribution in [0.2, 0.25) is 0 Å². The van der Waals surface area contributed by atoms with E-state index in [0.717, 1.165) is 34.8 Å². The Hall–Kier alpha value is -2.21. The lowest BCUT2D eigenvalue weighted by Crippen LogP contribution is -2.19. The molecule has 0 radical (unpaired) electrons. The zero-order valence-corrected chi connectivity index (χ0v) is 13.9. The van der Waals surface area contributed by atoms with Gasteiger partial charge in [0.2, 0.25) is 0 Å². The smallest absolute Gasteiger partial charge is 0.338 e. The Bertz CT molecular complexity index is 754. The van der Waals surface area contributed by atoms with E-state index in [0.29, 0.717) is 11.1 Å². The fraction of sp³-hybridized carbons (Fsp3) is 0.353. The number of thiazole rings is 1. The van der Waals surface area contributed by atoms with Crippen molar-refractivity contribution in [2.24, 2.45) is 0 Å². The van der Waals surface area contributed by atoms with Gasteiger partial charge in [0.05, 0.1) is 21.1 Å². The van der Waals surface area contributed by atoms with Gasteiger partial charge in [0.25, 0.3) is 5.91 Å². The number of rotatable bonds is 3. The highest BCUT2D eigenvalue weighted by molar-refractivity contribution is 7.11. The third kappa shape index (κ3) is 3.27. The summed E-state index contributed by atoms with van der Waals surface area (Å²) in [5.74, 6) is -0.627. The molecule has 0 unspecified atom stereocenters. The summed E-state index contributed by atoms with van der Waals surface area (Å²) < 4.78 is 5.69. The molecule has 1 aromatic heterocycles. The van der Waals surface area contributed by atoms with Crippen molar-refractivity contribution in [3.8, 4) is 0 Å². The minimum atomic E-state index is -0.403. The lowest BCUT2D eigenvalue weighted by molar-refractivity contribution is 0.0265. The maximum atomic E-state index is 12.4. The normalized spacial score (nSPS) is 16.5. The lowest BCUT2D eigenvalue weighted by atomic mass is 10.00. The van der Waals surface area contributed by atoms with Crippen LogP contribution in [0.15, 0.2) is 24.3 Å². The summed E-state index contributed by atoms with van der Waals surface area (Å²) in [5.41, 5.74) is 1.88. The fourth-order valence-corrected chi connectivity index (χ4v) is 3.78. The fourth-order valence-electron chi connectivity index (χ4n) is 2.74. The molecule has 1 heterocycles. The summed E-state index contributed by atoms with van der Waals surface area (Å²) >= 11 is 1.59. The maximum Gasteiger partial charge on any atom is 0.338 e. The number of nitrogens with zero attached hydrogens (tertiary/aromatic N) is 1. The summed E-state index contributed by atoms with van der Waals surface area (Å²) in [4.78, 5) is 29.7. The van der Waals surface area contributed by atoms with Gasteiger partial charge in [0.1, 0.15) is 6.10 Å². The molecule has 120 valence electrons. The van der Waals surface area contributed by atoms with Gasteiger partial charge in [-0.1, -0.05) is 6.07 Å². The van der Waals surface area contributed by atoms with Gasteiger partial charge in [0, 0.05) is 12.6 Å². The standard InChI is InChI=1S/C17H18N2O3S/c1-10-19-13-7-4-8-14(15(13)23-10)22-17(21)12-6-3-5-11(9-12)16(20)18-2/h3,5-6,9,14H,4,7-8H2,1-2H3,(H,18,20)/t14-/m1/s1. The highest BCUT2D eigenvalue weighted by Gasteiger charge is 2.27. The van der Waals surface area contributed by atoms with Crippen LogP contribution < -0.4 is 5.32 Å². The molecule has 1 aromatic carbocycles. The van der Waals surface area contributed by atoms with Crippen LogP contribution in [0.3, 0.4) is 0 Å². The predicted octanol–water partition coefficient (Wildman–Crippen LogP) is 3.05. The molecular weight excluding hydrogens is 312 g/mol. The molecule has 23 heavy (non-hydrogen) atoms. The van der Waals surface area contributed by atoms with Crippen LogP contribution in [0.4, 0.5) is 0 Å². The largest absolute Gasteiger partial charge is 0.453 e. The first-order chi connectivity index (χ1) is 11.1. The van der Waals surface area contributed by atoms with Crippen molar-refractivity contribution in [2.75, 3.05) is 7.05 Å². The molecule has 3 rings (SSSR count). The van der Waals surface area contributed by atoms with Crippen LogP contribution in [0.25, 0.3) is 0 Å². The van der Waals surface area contributed by atoms with Crippen molar-refractivity contribution in [3.05, 3.63) is 51.0 Å². The maximum absolute atomic E-state index is 12.4. The Morgan fingerprint density at radius 3 is 2.91 bits per heavy atom. The summed E-state index contributed by atoms with van der Waals surface area (Å²) in [7, 11) is 1.56. The van der Waals surface area contributed by atoms with Crippen LogP contribution in [0.1, 0.15) is 55.2 Å². The van der Waals surface area contributed by atoms with Crippen LogP contribution in [0.5, 0.6) is 0 Å². The predicted molar refractivity (Wildman–Crippen MR) is 87.8 cm³/mol. The molecule has 0 saturated carbocycles. The van der Waals surface area contributed by atoms with Crippen molar-refractivity contribution >= 4 is 23.2 Å². The molecular formula is C17H18N2O3S. The highest BCUT2D eigenvalue weighted by atomic mass is 32.1. The Morgan fingerprint density at radius 1 is 1.35 bits per heavy atom. The number of esters is 1. The number of carbonyl (C=O) groups is 2. The van der Waals surface area contributed by atoms with Gasteiger partial charge in [-0.2, -0.15) is 0 Å². The average Bonchev–Trinajstić information content (AvgIpc) is 2.95. The van der Waals surface area contributed by atoms with E-state index >= 15 is 0 Å². The molecule has 1 aliphatic rings. The third-order valence-electron chi connectivity index (χ3n) is 3.84. The summed E-state index contributed by atoms with van der Waals surface area (Å²) in [6, 6.07) is 6.57. The number of nitrogens with one attached hydrogen (secondary N) is 1. The van der Waals surface area contributed by atoms with E-state index in [4.69, 9.17) is 4.74 Å². The van der Waals surface area contributed by atoms with E-state index in [-0.39, 0.29) is 12.0 Å². The number of fused-ring (bicyclic) bond motifs is 1. The number of hydrogen-bond donors (Lipinski definition) is 1. The second kappa shape index (κ2) is 6.50. The van der Waals surface area contributed by atoms with Gasteiger partial charge in [-0.05, 0) is 44.4 Å². The second-order valence-corrected chi connectivity index (χ2v) is 6.72. The number of hydrogen-bond acceptors (Lipinski definition) is 5. The molecule has 1 N–H and O–H groups in total. The number of aromatic nitrogens is 1.